The van der Waals surface area contributed by atoms with Gasteiger partial charge < -0.3 is 10.6 Å². The maximum Gasteiger partial charge on any atom is 0.253 e. The van der Waals surface area contributed by atoms with Gasteiger partial charge in [-0.1, -0.05) is 13.0 Å². The first kappa shape index (κ1) is 14.6. The first-order valence-corrected chi connectivity index (χ1v) is 7.60. The van der Waals surface area contributed by atoms with E-state index < -0.39 is 0 Å². The van der Waals surface area contributed by atoms with Crippen LogP contribution in [0, 0.1) is 6.92 Å². The van der Waals surface area contributed by atoms with Crippen LogP contribution in [-0.4, -0.2) is 13.0 Å². The SMILES string of the molecule is CCc1ccc(CNC(=O)c2ccc(C)cc2NC)s1. The molecule has 0 fully saturated rings. The van der Waals surface area contributed by atoms with Crippen molar-refractivity contribution >= 4 is 22.9 Å². The number of hydrogen-bond donors (Lipinski definition) is 2. The summed E-state index contributed by atoms with van der Waals surface area (Å²) in [6, 6.07) is 10.0. The second-order valence-electron chi connectivity index (χ2n) is 4.70. The summed E-state index contributed by atoms with van der Waals surface area (Å²) in [5.41, 5.74) is 2.69. The van der Waals surface area contributed by atoms with Crippen molar-refractivity contribution in [2.45, 2.75) is 26.8 Å². The molecule has 0 unspecified atom stereocenters. The fourth-order valence-electron chi connectivity index (χ4n) is 2.03. The molecule has 1 aromatic carbocycles. The molecule has 0 spiro atoms. The summed E-state index contributed by atoms with van der Waals surface area (Å²) < 4.78 is 0. The van der Waals surface area contributed by atoms with E-state index in [-0.39, 0.29) is 5.91 Å². The Bertz CT molecular complexity index is 604. The highest BCUT2D eigenvalue weighted by atomic mass is 32.1. The molecule has 0 atom stereocenters. The number of nitrogens with one attached hydrogen (secondary N) is 2. The molecule has 20 heavy (non-hydrogen) atoms. The molecule has 3 nitrogen and oxygen atoms in total. The van der Waals surface area contributed by atoms with E-state index >= 15 is 0 Å². The van der Waals surface area contributed by atoms with Crippen LogP contribution in [0.3, 0.4) is 0 Å². The monoisotopic (exact) mass is 288 g/mol. The second-order valence-corrected chi connectivity index (χ2v) is 5.96. The van der Waals surface area contributed by atoms with Gasteiger partial charge in [-0.05, 0) is 43.2 Å². The molecule has 2 aromatic rings. The minimum absolute atomic E-state index is 0.0409. The zero-order chi connectivity index (χ0) is 14.5. The Balaban J connectivity index is 2.04. The van der Waals surface area contributed by atoms with Crippen molar-refractivity contribution in [3.63, 3.8) is 0 Å². The van der Waals surface area contributed by atoms with Crippen molar-refractivity contribution < 1.29 is 4.79 Å². The average molecular weight is 288 g/mol. The van der Waals surface area contributed by atoms with Gasteiger partial charge in [-0.15, -0.1) is 11.3 Å². The van der Waals surface area contributed by atoms with Crippen LogP contribution in [0.4, 0.5) is 5.69 Å². The van der Waals surface area contributed by atoms with E-state index in [4.69, 9.17) is 0 Å². The first-order chi connectivity index (χ1) is 9.63. The predicted octanol–water partition coefficient (Wildman–Crippen LogP) is 3.59. The lowest BCUT2D eigenvalue weighted by molar-refractivity contribution is 0.0952. The average Bonchev–Trinajstić information content (AvgIpc) is 2.92. The summed E-state index contributed by atoms with van der Waals surface area (Å²) in [4.78, 5) is 14.8. The lowest BCUT2D eigenvalue weighted by Crippen LogP contribution is -2.23. The maximum atomic E-state index is 12.2. The van der Waals surface area contributed by atoms with Gasteiger partial charge in [0.2, 0.25) is 0 Å². The van der Waals surface area contributed by atoms with Crippen LogP contribution in [0.2, 0.25) is 0 Å². The van der Waals surface area contributed by atoms with Gasteiger partial charge in [-0.25, -0.2) is 0 Å². The highest BCUT2D eigenvalue weighted by Gasteiger charge is 2.10. The minimum atomic E-state index is -0.0409. The molecule has 1 aromatic heterocycles. The Morgan fingerprint density at radius 1 is 1.20 bits per heavy atom. The molecule has 0 saturated heterocycles. The molecular weight excluding hydrogens is 268 g/mol. The summed E-state index contributed by atoms with van der Waals surface area (Å²) in [6.07, 6.45) is 1.04. The predicted molar refractivity (Wildman–Crippen MR) is 85.6 cm³/mol. The third-order valence-electron chi connectivity index (χ3n) is 3.18. The molecule has 1 heterocycles. The van der Waals surface area contributed by atoms with Crippen LogP contribution in [0.25, 0.3) is 0 Å². The molecule has 0 aliphatic rings. The number of carbonyl (C=O) groups excluding carboxylic acids is 1. The Labute approximate surface area is 124 Å². The van der Waals surface area contributed by atoms with E-state index in [0.717, 1.165) is 17.7 Å². The third kappa shape index (κ3) is 3.39. The highest BCUT2D eigenvalue weighted by molar-refractivity contribution is 7.11. The number of hydrogen-bond acceptors (Lipinski definition) is 3. The summed E-state index contributed by atoms with van der Waals surface area (Å²) in [6.45, 7) is 4.74. The summed E-state index contributed by atoms with van der Waals surface area (Å²) >= 11 is 1.75. The molecule has 0 aliphatic heterocycles. The number of rotatable bonds is 5. The van der Waals surface area contributed by atoms with Gasteiger partial charge in [-0.2, -0.15) is 0 Å². The molecule has 1 amide bonds. The van der Waals surface area contributed by atoms with Gasteiger partial charge in [0, 0.05) is 22.5 Å². The zero-order valence-corrected chi connectivity index (χ0v) is 12.9. The number of thiophene rings is 1. The van der Waals surface area contributed by atoms with Crippen molar-refractivity contribution in [3.8, 4) is 0 Å². The minimum Gasteiger partial charge on any atom is -0.387 e. The van der Waals surface area contributed by atoms with Crippen molar-refractivity contribution in [1.29, 1.82) is 0 Å². The van der Waals surface area contributed by atoms with E-state index in [0.29, 0.717) is 12.1 Å². The van der Waals surface area contributed by atoms with E-state index in [1.807, 2.05) is 32.2 Å². The van der Waals surface area contributed by atoms with Crippen LogP contribution in [0.15, 0.2) is 30.3 Å². The van der Waals surface area contributed by atoms with Crippen molar-refractivity contribution in [3.05, 3.63) is 51.2 Å². The van der Waals surface area contributed by atoms with Crippen molar-refractivity contribution in [2.75, 3.05) is 12.4 Å². The molecule has 2 N–H and O–H groups in total. The number of anilines is 1. The van der Waals surface area contributed by atoms with Crippen molar-refractivity contribution in [2.24, 2.45) is 0 Å². The van der Waals surface area contributed by atoms with Crippen LogP contribution >= 0.6 is 11.3 Å². The number of aryl methyl sites for hydroxylation is 2. The standard InChI is InChI=1S/C16H20N2OS/c1-4-12-6-7-13(20-12)10-18-16(19)14-8-5-11(2)9-15(14)17-3/h5-9,17H,4,10H2,1-3H3,(H,18,19). The van der Waals surface area contributed by atoms with Gasteiger partial charge >= 0.3 is 0 Å². The lowest BCUT2D eigenvalue weighted by Gasteiger charge is -2.10. The molecule has 0 saturated carbocycles. The van der Waals surface area contributed by atoms with Gasteiger partial charge in [-0.3, -0.25) is 4.79 Å². The van der Waals surface area contributed by atoms with Crippen molar-refractivity contribution in [1.82, 2.24) is 5.32 Å². The largest absolute Gasteiger partial charge is 0.387 e. The Kier molecular flexibility index (Phi) is 4.79. The lowest BCUT2D eigenvalue weighted by atomic mass is 10.1. The normalized spacial score (nSPS) is 10.3. The quantitative estimate of drug-likeness (QED) is 0.882. The number of amides is 1. The molecule has 4 heteroatoms. The second kappa shape index (κ2) is 6.57. The Morgan fingerprint density at radius 2 is 1.95 bits per heavy atom. The molecule has 0 bridgehead atoms. The number of carbonyl (C=O) groups is 1. The maximum absolute atomic E-state index is 12.2. The summed E-state index contributed by atoms with van der Waals surface area (Å²) in [5, 5.41) is 6.05. The molecule has 106 valence electrons. The fourth-order valence-corrected chi connectivity index (χ4v) is 2.93. The van der Waals surface area contributed by atoms with Crippen LogP contribution < -0.4 is 10.6 Å². The van der Waals surface area contributed by atoms with E-state index in [9.17, 15) is 4.79 Å². The number of benzene rings is 1. The summed E-state index contributed by atoms with van der Waals surface area (Å²) in [5.74, 6) is -0.0409. The van der Waals surface area contributed by atoms with Gasteiger partial charge in [0.15, 0.2) is 0 Å². The van der Waals surface area contributed by atoms with E-state index in [1.165, 1.54) is 9.75 Å². The smallest absolute Gasteiger partial charge is 0.253 e. The van der Waals surface area contributed by atoms with Crippen LogP contribution in [0.5, 0.6) is 0 Å². The fraction of sp³-hybridized carbons (Fsp3) is 0.312. The Hall–Kier alpha value is -1.81. The van der Waals surface area contributed by atoms with Gasteiger partial charge in [0.1, 0.15) is 0 Å². The molecule has 2 rings (SSSR count). The van der Waals surface area contributed by atoms with Crippen LogP contribution in [0.1, 0.15) is 32.6 Å². The topological polar surface area (TPSA) is 41.1 Å². The highest BCUT2D eigenvalue weighted by Crippen LogP contribution is 2.19. The van der Waals surface area contributed by atoms with Gasteiger partial charge in [0.25, 0.3) is 5.91 Å². The molecule has 0 aliphatic carbocycles. The molecule has 0 radical (unpaired) electrons. The van der Waals surface area contributed by atoms with Gasteiger partial charge in [0.05, 0.1) is 12.1 Å². The van der Waals surface area contributed by atoms with E-state index in [1.54, 1.807) is 11.3 Å². The molecular formula is C16H20N2OS. The zero-order valence-electron chi connectivity index (χ0n) is 12.1. The van der Waals surface area contributed by atoms with Crippen LogP contribution in [-0.2, 0) is 13.0 Å². The van der Waals surface area contributed by atoms with E-state index in [2.05, 4.69) is 29.7 Å². The first-order valence-electron chi connectivity index (χ1n) is 6.78. The third-order valence-corrected chi connectivity index (χ3v) is 4.41. The summed E-state index contributed by atoms with van der Waals surface area (Å²) in [7, 11) is 1.83. The Morgan fingerprint density at radius 3 is 2.60 bits per heavy atom.